The largest absolute Gasteiger partial charge is 0.349 e. The molecule has 12 heteroatoms. The zero-order valence-corrected chi connectivity index (χ0v) is 51.8. The molecule has 8 aromatic rings. The second-order valence-corrected chi connectivity index (χ2v) is 26.1. The molecule has 4 heterocycles. The molecule has 0 bridgehead atoms. The predicted octanol–water partition coefficient (Wildman–Crippen LogP) is 15.2. The first-order valence-corrected chi connectivity index (χ1v) is 32.5. The highest BCUT2D eigenvalue weighted by molar-refractivity contribution is 7.11. The van der Waals surface area contributed by atoms with E-state index in [1.54, 1.807) is 0 Å². The Morgan fingerprint density at radius 2 is 0.548 bits per heavy atom. The third-order valence-electron chi connectivity index (χ3n) is 16.7. The molecule has 0 aliphatic heterocycles. The molecule has 4 aromatic carbocycles. The lowest BCUT2D eigenvalue weighted by molar-refractivity contribution is -0.118. The summed E-state index contributed by atoms with van der Waals surface area (Å²) in [7, 11) is 0. The number of benzene rings is 4. The van der Waals surface area contributed by atoms with Crippen molar-refractivity contribution in [2.24, 2.45) is 0 Å². The van der Waals surface area contributed by atoms with Crippen LogP contribution in [0.4, 0.5) is 0 Å². The van der Waals surface area contributed by atoms with Crippen LogP contribution in [0.15, 0.2) is 193 Å². The number of fused-ring (bicyclic) bond motifs is 4. The molecule has 0 saturated heterocycles. The fraction of sp³-hybridized carbons (Fsp3) is 0.278. The zero-order chi connectivity index (χ0) is 59.3. The molecule has 432 valence electrons. The van der Waals surface area contributed by atoms with E-state index in [0.29, 0.717) is 23.7 Å². The second-order valence-electron chi connectivity index (χ2n) is 22.3. The van der Waals surface area contributed by atoms with Gasteiger partial charge in [0, 0.05) is 67.3 Å². The van der Waals surface area contributed by atoms with Crippen molar-refractivity contribution in [1.82, 2.24) is 21.3 Å². The van der Waals surface area contributed by atoms with Gasteiger partial charge in [-0.2, -0.15) is 0 Å². The molecule has 4 amide bonds. The molecule has 8 atom stereocenters. The summed E-state index contributed by atoms with van der Waals surface area (Å²) in [6.07, 6.45) is 12.9. The minimum Gasteiger partial charge on any atom is -0.349 e. The molecule has 4 aromatic heterocycles. The molecule has 0 unspecified atom stereocenters. The molecule has 8 nitrogen and oxygen atoms in total. The summed E-state index contributed by atoms with van der Waals surface area (Å²) >= 11 is 7.32. The summed E-state index contributed by atoms with van der Waals surface area (Å²) in [4.78, 5) is 52.3. The molecule has 4 aliphatic carbocycles. The second kappa shape index (κ2) is 28.9. The van der Waals surface area contributed by atoms with Crippen molar-refractivity contribution >= 4 is 69.0 Å². The maximum atomic E-state index is 11.6. The van der Waals surface area contributed by atoms with E-state index in [9.17, 15) is 19.2 Å². The first kappa shape index (κ1) is 61.1. The number of nitrogens with one attached hydrogen (secondary N) is 4. The molecule has 4 N–H and O–H groups in total. The summed E-state index contributed by atoms with van der Waals surface area (Å²) in [5.74, 6) is 1.19. The molecule has 4 aliphatic rings. The van der Waals surface area contributed by atoms with Crippen LogP contribution < -0.4 is 21.3 Å². The van der Waals surface area contributed by atoms with Gasteiger partial charge in [0.25, 0.3) is 0 Å². The Morgan fingerprint density at radius 3 is 0.738 bits per heavy atom. The number of carbonyl (C=O) groups excluding carboxylic acids is 4. The van der Waals surface area contributed by atoms with E-state index >= 15 is 0 Å². The van der Waals surface area contributed by atoms with Crippen LogP contribution in [0.25, 0.3) is 0 Å². The van der Waals surface area contributed by atoms with Crippen LogP contribution in [-0.2, 0) is 44.9 Å². The fourth-order valence-electron chi connectivity index (χ4n) is 12.7. The van der Waals surface area contributed by atoms with E-state index < -0.39 is 0 Å². The predicted molar refractivity (Wildman–Crippen MR) is 351 cm³/mol. The Hall–Kier alpha value is -7.48. The molecule has 12 rings (SSSR count). The van der Waals surface area contributed by atoms with Crippen molar-refractivity contribution in [3.63, 3.8) is 0 Å². The van der Waals surface area contributed by atoms with Crippen molar-refractivity contribution in [2.45, 2.75) is 127 Å². The minimum atomic E-state index is -0.0813. The Kier molecular flexibility index (Phi) is 21.0. The van der Waals surface area contributed by atoms with Crippen molar-refractivity contribution < 1.29 is 19.2 Å². The van der Waals surface area contributed by atoms with Crippen LogP contribution in [0, 0.1) is 27.7 Å². The summed E-state index contributed by atoms with van der Waals surface area (Å²) < 4.78 is 0. The topological polar surface area (TPSA) is 116 Å². The summed E-state index contributed by atoms with van der Waals surface area (Å²) in [6.45, 7) is 22.8. The molecule has 0 spiro atoms. The van der Waals surface area contributed by atoms with Gasteiger partial charge in [-0.25, -0.2) is 0 Å². The quantitative estimate of drug-likeness (QED) is 0.0912. The smallest absolute Gasteiger partial charge is 0.243 e. The minimum absolute atomic E-state index is 0.0813. The number of hydrogen-bond donors (Lipinski definition) is 4. The van der Waals surface area contributed by atoms with Gasteiger partial charge in [-0.05, 0) is 216 Å². The maximum Gasteiger partial charge on any atom is 0.243 e. The summed E-state index contributed by atoms with van der Waals surface area (Å²) in [5, 5.41) is 20.9. The monoisotopic (exact) mass is 1190 g/mol. The van der Waals surface area contributed by atoms with Crippen molar-refractivity contribution in [3.8, 4) is 0 Å². The number of amides is 4. The molecule has 0 saturated carbocycles. The van der Waals surface area contributed by atoms with Gasteiger partial charge in [0.05, 0.1) is 0 Å². The molecular formula is C72H76N4O4S4. The van der Waals surface area contributed by atoms with E-state index in [0.717, 1.165) is 51.4 Å². The Labute approximate surface area is 512 Å². The van der Waals surface area contributed by atoms with Crippen LogP contribution in [-0.4, -0.2) is 47.8 Å². The van der Waals surface area contributed by atoms with Gasteiger partial charge < -0.3 is 21.3 Å². The van der Waals surface area contributed by atoms with Gasteiger partial charge in [0.15, 0.2) is 0 Å². The van der Waals surface area contributed by atoms with Crippen molar-refractivity contribution in [1.29, 1.82) is 0 Å². The number of carbonyl (C=O) groups is 4. The van der Waals surface area contributed by atoms with Gasteiger partial charge >= 0.3 is 0 Å². The molecule has 0 radical (unpaired) electrons. The lowest BCUT2D eigenvalue weighted by atomic mass is 9.80. The Morgan fingerprint density at radius 1 is 0.345 bits per heavy atom. The van der Waals surface area contributed by atoms with E-state index in [-0.39, 0.29) is 47.8 Å². The van der Waals surface area contributed by atoms with Crippen LogP contribution in [0.2, 0.25) is 0 Å². The van der Waals surface area contributed by atoms with Gasteiger partial charge in [-0.15, -0.1) is 45.3 Å². The number of thiophene rings is 4. The first-order chi connectivity index (χ1) is 40.7. The highest BCUT2D eigenvalue weighted by atomic mass is 32.1. The third kappa shape index (κ3) is 14.9. The number of hydrogen-bond acceptors (Lipinski definition) is 8. The lowest BCUT2D eigenvalue weighted by Gasteiger charge is -2.31. The van der Waals surface area contributed by atoms with Gasteiger partial charge in [0.1, 0.15) is 0 Å². The zero-order valence-electron chi connectivity index (χ0n) is 48.5. The van der Waals surface area contributed by atoms with Gasteiger partial charge in [-0.1, -0.05) is 123 Å². The average Bonchev–Trinajstić information content (AvgIpc) is 4.56. The first-order valence-electron chi connectivity index (χ1n) is 28.9. The Bertz CT molecular complexity index is 3160. The number of rotatable bonds is 12. The van der Waals surface area contributed by atoms with Crippen molar-refractivity contribution in [3.05, 3.63) is 280 Å². The van der Waals surface area contributed by atoms with Crippen LogP contribution in [0.3, 0.4) is 0 Å². The Balaban J connectivity index is 0.000000134. The third-order valence-corrected chi connectivity index (χ3v) is 21.0. The number of aryl methyl sites for hydroxylation is 4. The standard InChI is InChI=1S/4C18H19NOS/c4*1-3-17(20)19-14-10-13-8-9-21-18(13)16(11-14)15-7-5-4-6-12(15)2/h4*3-9,14,16H,1,10-11H2,2H3,(H,19,20)/t2*14-,16+;2*14-,16-/m1010/s1. The van der Waals surface area contributed by atoms with E-state index in [1.807, 2.05) is 45.3 Å². The highest BCUT2D eigenvalue weighted by Crippen LogP contribution is 2.45. The van der Waals surface area contributed by atoms with Crippen LogP contribution in [0.1, 0.15) is 136 Å². The normalized spacial score (nSPS) is 20.6. The van der Waals surface area contributed by atoms with E-state index in [4.69, 9.17) is 0 Å². The molecular weight excluding hydrogens is 1110 g/mol. The molecule has 0 fully saturated rings. The van der Waals surface area contributed by atoms with E-state index in [1.165, 1.54) is 111 Å². The van der Waals surface area contributed by atoms with Crippen molar-refractivity contribution in [2.75, 3.05) is 0 Å². The maximum absolute atomic E-state index is 11.6. The van der Waals surface area contributed by atoms with Crippen LogP contribution in [0.5, 0.6) is 0 Å². The summed E-state index contributed by atoms with van der Waals surface area (Å²) in [6, 6.07) is 43.7. The SMILES string of the molecule is C=CC(=O)N[C@@H]1Cc2ccsc2[C@@H](c2ccccc2C)C1.C=CC(=O)N[C@@H]1Cc2ccsc2[C@H](c2ccccc2C)C1.C=CC(=O)N[C@H]1Cc2ccsc2[C@@H](c2ccccc2C)C1.C=CC(=O)N[C@H]1Cc2ccsc2[C@H](c2ccccc2C)C1. The fourth-order valence-corrected chi connectivity index (χ4v) is 17.0. The van der Waals surface area contributed by atoms with E-state index in [2.05, 4.69) is 218 Å². The van der Waals surface area contributed by atoms with Gasteiger partial charge in [-0.3, -0.25) is 19.2 Å². The highest BCUT2D eigenvalue weighted by Gasteiger charge is 2.34. The summed E-state index contributed by atoms with van der Waals surface area (Å²) in [5.41, 5.74) is 16.2. The average molecular weight is 1190 g/mol. The van der Waals surface area contributed by atoms with Gasteiger partial charge in [0.2, 0.25) is 23.6 Å². The lowest BCUT2D eigenvalue weighted by Crippen LogP contribution is -2.39. The molecule has 84 heavy (non-hydrogen) atoms. The van der Waals surface area contributed by atoms with Crippen LogP contribution >= 0.6 is 45.3 Å².